The number of anilines is 2. The molecule has 0 bridgehead atoms. The normalized spacial score (nSPS) is 14.5. The fraction of sp³-hybridized carbons (Fsp3) is 0.333. The Morgan fingerprint density at radius 3 is 3.00 bits per heavy atom. The summed E-state index contributed by atoms with van der Waals surface area (Å²) in [5.74, 6) is 0.0410. The van der Waals surface area contributed by atoms with Crippen LogP contribution in [0.4, 0.5) is 11.4 Å². The molecule has 2 aromatic rings. The van der Waals surface area contributed by atoms with Gasteiger partial charge in [0, 0.05) is 29.2 Å². The van der Waals surface area contributed by atoms with Crippen molar-refractivity contribution in [3.63, 3.8) is 0 Å². The zero-order valence-electron chi connectivity index (χ0n) is 13.6. The first kappa shape index (κ1) is 16.5. The molecule has 2 amide bonds. The Kier molecular flexibility index (Phi) is 5.15. The molecule has 6 heteroatoms. The van der Waals surface area contributed by atoms with Crippen LogP contribution in [-0.2, 0) is 22.4 Å². The third kappa shape index (κ3) is 4.14. The van der Waals surface area contributed by atoms with E-state index < -0.39 is 0 Å². The SMILES string of the molecule is C[C@H](Nc1ccc2c(c1)CCC(=O)N2)C(=O)NCCc1cccs1. The molecule has 1 aromatic carbocycles. The van der Waals surface area contributed by atoms with Crippen LogP contribution in [0.1, 0.15) is 23.8 Å². The van der Waals surface area contributed by atoms with Crippen LogP contribution in [0.3, 0.4) is 0 Å². The van der Waals surface area contributed by atoms with Gasteiger partial charge in [0.15, 0.2) is 0 Å². The van der Waals surface area contributed by atoms with Crippen molar-refractivity contribution in [3.8, 4) is 0 Å². The quantitative estimate of drug-likeness (QED) is 0.755. The molecule has 1 aromatic heterocycles. The maximum Gasteiger partial charge on any atom is 0.242 e. The van der Waals surface area contributed by atoms with Gasteiger partial charge in [0.1, 0.15) is 6.04 Å². The van der Waals surface area contributed by atoms with Crippen molar-refractivity contribution in [3.05, 3.63) is 46.2 Å². The smallest absolute Gasteiger partial charge is 0.242 e. The Morgan fingerprint density at radius 1 is 1.33 bits per heavy atom. The first-order valence-electron chi connectivity index (χ1n) is 8.11. The Morgan fingerprint density at radius 2 is 2.21 bits per heavy atom. The van der Waals surface area contributed by atoms with E-state index >= 15 is 0 Å². The summed E-state index contributed by atoms with van der Waals surface area (Å²) in [6.45, 7) is 2.49. The Hall–Kier alpha value is -2.34. The molecule has 0 unspecified atom stereocenters. The minimum absolute atomic E-state index is 0.0161. The number of aryl methyl sites for hydroxylation is 1. The van der Waals surface area contributed by atoms with Gasteiger partial charge in [-0.1, -0.05) is 6.07 Å². The van der Waals surface area contributed by atoms with Gasteiger partial charge >= 0.3 is 0 Å². The molecular weight excluding hydrogens is 322 g/mol. The number of fused-ring (bicyclic) bond motifs is 1. The highest BCUT2D eigenvalue weighted by Crippen LogP contribution is 2.25. The predicted octanol–water partition coefficient (Wildman–Crippen LogP) is 2.79. The lowest BCUT2D eigenvalue weighted by Gasteiger charge is -2.20. The summed E-state index contributed by atoms with van der Waals surface area (Å²) in [4.78, 5) is 24.8. The summed E-state index contributed by atoms with van der Waals surface area (Å²) >= 11 is 1.70. The van der Waals surface area contributed by atoms with Crippen LogP contribution in [0, 0.1) is 0 Å². The van der Waals surface area contributed by atoms with Crippen LogP contribution < -0.4 is 16.0 Å². The third-order valence-corrected chi connectivity index (χ3v) is 4.96. The van der Waals surface area contributed by atoms with Crippen molar-refractivity contribution in [2.45, 2.75) is 32.2 Å². The summed E-state index contributed by atoms with van der Waals surface area (Å²) in [6, 6.07) is 9.55. The highest BCUT2D eigenvalue weighted by Gasteiger charge is 2.16. The summed E-state index contributed by atoms with van der Waals surface area (Å²) < 4.78 is 0. The second-order valence-corrected chi connectivity index (χ2v) is 6.94. The molecule has 24 heavy (non-hydrogen) atoms. The first-order chi connectivity index (χ1) is 11.6. The Bertz CT molecular complexity index is 728. The van der Waals surface area contributed by atoms with E-state index in [0.717, 1.165) is 29.8 Å². The van der Waals surface area contributed by atoms with Gasteiger partial charge in [-0.2, -0.15) is 0 Å². The average molecular weight is 343 g/mol. The molecule has 0 aliphatic carbocycles. The molecule has 0 fully saturated rings. The second-order valence-electron chi connectivity index (χ2n) is 5.91. The zero-order chi connectivity index (χ0) is 16.9. The van der Waals surface area contributed by atoms with E-state index in [1.54, 1.807) is 11.3 Å². The monoisotopic (exact) mass is 343 g/mol. The van der Waals surface area contributed by atoms with E-state index in [9.17, 15) is 9.59 Å². The molecule has 0 saturated heterocycles. The van der Waals surface area contributed by atoms with Crippen molar-refractivity contribution in [2.24, 2.45) is 0 Å². The Labute approximate surface area is 145 Å². The first-order valence-corrected chi connectivity index (χ1v) is 8.99. The average Bonchev–Trinajstić information content (AvgIpc) is 3.08. The third-order valence-electron chi connectivity index (χ3n) is 4.03. The van der Waals surface area contributed by atoms with Gasteiger partial charge in [0.2, 0.25) is 11.8 Å². The van der Waals surface area contributed by atoms with Gasteiger partial charge in [-0.25, -0.2) is 0 Å². The standard InChI is InChI=1S/C18H21N3O2S/c1-12(18(23)19-9-8-15-3-2-10-24-15)20-14-5-6-16-13(11-14)4-7-17(22)21-16/h2-3,5-6,10-12,20H,4,7-9H2,1H3,(H,19,23)(H,21,22)/t12-/m0/s1. The van der Waals surface area contributed by atoms with Crippen molar-refractivity contribution in [1.29, 1.82) is 0 Å². The van der Waals surface area contributed by atoms with E-state index in [-0.39, 0.29) is 17.9 Å². The van der Waals surface area contributed by atoms with E-state index in [4.69, 9.17) is 0 Å². The maximum absolute atomic E-state index is 12.2. The highest BCUT2D eigenvalue weighted by atomic mass is 32.1. The summed E-state index contributed by atoms with van der Waals surface area (Å²) in [7, 11) is 0. The molecule has 1 atom stereocenters. The molecule has 126 valence electrons. The molecular formula is C18H21N3O2S. The zero-order valence-corrected chi connectivity index (χ0v) is 14.4. The molecule has 2 heterocycles. The largest absolute Gasteiger partial charge is 0.374 e. The number of carbonyl (C=O) groups excluding carboxylic acids is 2. The molecule has 0 saturated carbocycles. The van der Waals surface area contributed by atoms with Gasteiger partial charge in [0.05, 0.1) is 0 Å². The van der Waals surface area contributed by atoms with E-state index in [1.807, 2.05) is 36.6 Å². The molecule has 3 N–H and O–H groups in total. The van der Waals surface area contributed by atoms with Crippen LogP contribution in [0.25, 0.3) is 0 Å². The number of amides is 2. The number of rotatable bonds is 6. The Balaban J connectivity index is 1.51. The fourth-order valence-electron chi connectivity index (χ4n) is 2.71. The topological polar surface area (TPSA) is 70.2 Å². The van der Waals surface area contributed by atoms with Crippen LogP contribution in [-0.4, -0.2) is 24.4 Å². The maximum atomic E-state index is 12.2. The summed E-state index contributed by atoms with van der Waals surface area (Å²) in [6.07, 6.45) is 2.10. The lowest BCUT2D eigenvalue weighted by atomic mass is 10.0. The summed E-state index contributed by atoms with van der Waals surface area (Å²) in [5.41, 5.74) is 2.86. The molecule has 1 aliphatic rings. The van der Waals surface area contributed by atoms with Crippen LogP contribution in [0.2, 0.25) is 0 Å². The highest BCUT2D eigenvalue weighted by molar-refractivity contribution is 7.09. The number of hydrogen-bond acceptors (Lipinski definition) is 4. The lowest BCUT2D eigenvalue weighted by molar-refractivity contribution is -0.121. The van der Waals surface area contributed by atoms with Crippen LogP contribution >= 0.6 is 11.3 Å². The van der Waals surface area contributed by atoms with Gasteiger partial charge in [0.25, 0.3) is 0 Å². The molecule has 0 radical (unpaired) electrons. The lowest BCUT2D eigenvalue weighted by Crippen LogP contribution is -2.38. The van der Waals surface area contributed by atoms with Crippen molar-refractivity contribution in [2.75, 3.05) is 17.2 Å². The number of carbonyl (C=O) groups is 2. The predicted molar refractivity (Wildman–Crippen MR) is 97.5 cm³/mol. The van der Waals surface area contributed by atoms with E-state index in [0.29, 0.717) is 13.0 Å². The number of benzene rings is 1. The van der Waals surface area contributed by atoms with Crippen LogP contribution in [0.15, 0.2) is 35.7 Å². The minimum Gasteiger partial charge on any atom is -0.374 e. The molecule has 1 aliphatic heterocycles. The van der Waals surface area contributed by atoms with Crippen molar-refractivity contribution >= 4 is 34.5 Å². The van der Waals surface area contributed by atoms with Gasteiger partial charge in [-0.3, -0.25) is 9.59 Å². The van der Waals surface area contributed by atoms with Crippen molar-refractivity contribution in [1.82, 2.24) is 5.32 Å². The molecule has 5 nitrogen and oxygen atoms in total. The molecule has 0 spiro atoms. The van der Waals surface area contributed by atoms with Crippen molar-refractivity contribution < 1.29 is 9.59 Å². The van der Waals surface area contributed by atoms with Crippen LogP contribution in [0.5, 0.6) is 0 Å². The van der Waals surface area contributed by atoms with Gasteiger partial charge in [-0.05, 0) is 55.0 Å². The van der Waals surface area contributed by atoms with E-state index in [1.165, 1.54) is 4.88 Å². The number of thiophene rings is 1. The van der Waals surface area contributed by atoms with Gasteiger partial charge in [-0.15, -0.1) is 11.3 Å². The summed E-state index contributed by atoms with van der Waals surface area (Å²) in [5, 5.41) is 11.1. The number of hydrogen-bond donors (Lipinski definition) is 3. The van der Waals surface area contributed by atoms with Gasteiger partial charge < -0.3 is 16.0 Å². The van der Waals surface area contributed by atoms with E-state index in [2.05, 4.69) is 22.0 Å². The fourth-order valence-corrected chi connectivity index (χ4v) is 3.41. The second kappa shape index (κ2) is 7.49. The minimum atomic E-state index is -0.315. The molecule has 3 rings (SSSR count). The number of nitrogens with one attached hydrogen (secondary N) is 3.